The molecule has 2 rings (SSSR count). The Kier molecular flexibility index (Phi) is 9.45. The van der Waals surface area contributed by atoms with Crippen LogP contribution in [-0.4, -0.2) is 38.0 Å². The molecule has 0 saturated carbocycles. The Labute approximate surface area is 188 Å². The van der Waals surface area contributed by atoms with Gasteiger partial charge in [0.1, 0.15) is 11.6 Å². The minimum Gasteiger partial charge on any atom is -0.497 e. The van der Waals surface area contributed by atoms with Crippen LogP contribution in [0.25, 0.3) is 0 Å². The maximum Gasteiger partial charge on any atom is 0.308 e. The quantitative estimate of drug-likeness (QED) is 0.492. The van der Waals surface area contributed by atoms with E-state index in [0.717, 1.165) is 6.07 Å². The standard InChI is InChI=1S/C22H24BrFN2O5/c1-3-31-21(28)13-19(14-5-4-6-16(11-14)30-2)26-20(27)9-10-25-22(29)17-12-15(24)7-8-18(17)23/h4-8,11-12,19H,3,9-10,13H2,1-2H3,(H,25,29)(H,26,27). The number of ether oxygens (including phenoxy) is 2. The van der Waals surface area contributed by atoms with Crippen molar-refractivity contribution in [1.82, 2.24) is 10.6 Å². The summed E-state index contributed by atoms with van der Waals surface area (Å²) < 4.78 is 24.0. The third-order valence-corrected chi connectivity index (χ3v) is 5.01. The van der Waals surface area contributed by atoms with Crippen molar-refractivity contribution in [3.8, 4) is 5.75 Å². The van der Waals surface area contributed by atoms with Gasteiger partial charge in [-0.2, -0.15) is 0 Å². The van der Waals surface area contributed by atoms with Gasteiger partial charge in [-0.1, -0.05) is 12.1 Å². The molecule has 0 bridgehead atoms. The molecule has 2 aromatic carbocycles. The summed E-state index contributed by atoms with van der Waals surface area (Å²) in [5.74, 6) is -1.26. The number of halogens is 2. The average molecular weight is 495 g/mol. The molecule has 2 amide bonds. The Morgan fingerprint density at radius 1 is 1.16 bits per heavy atom. The molecule has 0 aliphatic carbocycles. The van der Waals surface area contributed by atoms with Crippen LogP contribution in [0.5, 0.6) is 5.75 Å². The molecule has 1 unspecified atom stereocenters. The van der Waals surface area contributed by atoms with E-state index in [0.29, 0.717) is 15.8 Å². The molecular weight excluding hydrogens is 471 g/mol. The SMILES string of the molecule is CCOC(=O)CC(NC(=O)CCNC(=O)c1cc(F)ccc1Br)c1cccc(OC)c1. The van der Waals surface area contributed by atoms with Gasteiger partial charge in [0.15, 0.2) is 0 Å². The molecule has 0 saturated heterocycles. The fourth-order valence-corrected chi connectivity index (χ4v) is 3.25. The van der Waals surface area contributed by atoms with Gasteiger partial charge in [0.05, 0.1) is 31.7 Å². The van der Waals surface area contributed by atoms with Crippen LogP contribution in [-0.2, 0) is 14.3 Å². The largest absolute Gasteiger partial charge is 0.497 e. The van der Waals surface area contributed by atoms with Gasteiger partial charge in [-0.15, -0.1) is 0 Å². The van der Waals surface area contributed by atoms with Crippen LogP contribution in [0.2, 0.25) is 0 Å². The predicted octanol–water partition coefficient (Wildman–Crippen LogP) is 3.53. The van der Waals surface area contributed by atoms with E-state index in [1.165, 1.54) is 19.2 Å². The summed E-state index contributed by atoms with van der Waals surface area (Å²) in [6.07, 6.45) is -0.0721. The highest BCUT2D eigenvalue weighted by molar-refractivity contribution is 9.10. The molecular formula is C22H24BrFN2O5. The molecule has 0 heterocycles. The summed E-state index contributed by atoms with van der Waals surface area (Å²) in [7, 11) is 1.53. The lowest BCUT2D eigenvalue weighted by Gasteiger charge is -2.19. The molecule has 0 spiro atoms. The third-order valence-electron chi connectivity index (χ3n) is 4.32. The lowest BCUT2D eigenvalue weighted by Crippen LogP contribution is -2.34. The van der Waals surface area contributed by atoms with Gasteiger partial charge in [-0.3, -0.25) is 14.4 Å². The first-order valence-corrected chi connectivity index (χ1v) is 10.5. The molecule has 0 fully saturated rings. The van der Waals surface area contributed by atoms with E-state index in [1.54, 1.807) is 31.2 Å². The number of rotatable bonds is 10. The van der Waals surface area contributed by atoms with Crippen molar-refractivity contribution in [3.05, 3.63) is 63.9 Å². The van der Waals surface area contributed by atoms with Crippen LogP contribution in [0.4, 0.5) is 4.39 Å². The van der Waals surface area contributed by atoms with Crippen molar-refractivity contribution in [3.63, 3.8) is 0 Å². The number of hydrogen-bond acceptors (Lipinski definition) is 5. The van der Waals surface area contributed by atoms with Gasteiger partial charge in [-0.05, 0) is 58.7 Å². The third kappa shape index (κ3) is 7.67. The minimum absolute atomic E-state index is 0.0258. The zero-order chi connectivity index (χ0) is 22.8. The van der Waals surface area contributed by atoms with Crippen LogP contribution in [0.3, 0.4) is 0 Å². The Morgan fingerprint density at radius 3 is 2.65 bits per heavy atom. The number of carbonyl (C=O) groups excluding carboxylic acids is 3. The molecule has 0 aromatic heterocycles. The monoisotopic (exact) mass is 494 g/mol. The molecule has 2 aromatic rings. The van der Waals surface area contributed by atoms with Crippen LogP contribution >= 0.6 is 15.9 Å². The molecule has 2 N–H and O–H groups in total. The second kappa shape index (κ2) is 12.0. The fourth-order valence-electron chi connectivity index (χ4n) is 2.82. The molecule has 0 radical (unpaired) electrons. The number of hydrogen-bond donors (Lipinski definition) is 2. The normalized spacial score (nSPS) is 11.4. The van der Waals surface area contributed by atoms with Gasteiger partial charge in [0.2, 0.25) is 5.91 Å². The molecule has 1 atom stereocenters. The van der Waals surface area contributed by atoms with Gasteiger partial charge >= 0.3 is 5.97 Å². The Morgan fingerprint density at radius 2 is 1.94 bits per heavy atom. The molecule has 0 aliphatic rings. The first kappa shape index (κ1) is 24.3. The maximum atomic E-state index is 13.4. The van der Waals surface area contributed by atoms with Gasteiger partial charge in [-0.25, -0.2) is 4.39 Å². The van der Waals surface area contributed by atoms with Crippen molar-refractivity contribution in [2.75, 3.05) is 20.3 Å². The lowest BCUT2D eigenvalue weighted by atomic mass is 10.0. The number of amides is 2. The van der Waals surface area contributed by atoms with E-state index in [1.807, 2.05) is 0 Å². The number of methoxy groups -OCH3 is 1. The van der Waals surface area contributed by atoms with E-state index in [4.69, 9.17) is 9.47 Å². The summed E-state index contributed by atoms with van der Waals surface area (Å²) >= 11 is 3.20. The number of esters is 1. The van der Waals surface area contributed by atoms with Gasteiger partial charge < -0.3 is 20.1 Å². The van der Waals surface area contributed by atoms with Crippen LogP contribution < -0.4 is 15.4 Å². The molecule has 166 valence electrons. The van der Waals surface area contributed by atoms with Crippen LogP contribution in [0.1, 0.15) is 41.7 Å². The maximum absolute atomic E-state index is 13.4. The zero-order valence-corrected chi connectivity index (χ0v) is 18.8. The first-order valence-electron chi connectivity index (χ1n) is 9.66. The topological polar surface area (TPSA) is 93.7 Å². The molecule has 7 nitrogen and oxygen atoms in total. The highest BCUT2D eigenvalue weighted by Crippen LogP contribution is 2.22. The fraction of sp³-hybridized carbons (Fsp3) is 0.318. The number of benzene rings is 2. The smallest absolute Gasteiger partial charge is 0.308 e. The molecule has 31 heavy (non-hydrogen) atoms. The van der Waals surface area contributed by atoms with Crippen molar-refractivity contribution < 1.29 is 28.2 Å². The highest BCUT2D eigenvalue weighted by Gasteiger charge is 2.20. The van der Waals surface area contributed by atoms with E-state index in [-0.39, 0.29) is 37.5 Å². The van der Waals surface area contributed by atoms with Crippen molar-refractivity contribution in [1.29, 1.82) is 0 Å². The van der Waals surface area contributed by atoms with Crippen molar-refractivity contribution in [2.24, 2.45) is 0 Å². The van der Waals surface area contributed by atoms with E-state index < -0.39 is 23.7 Å². The lowest BCUT2D eigenvalue weighted by molar-refractivity contribution is -0.143. The summed E-state index contributed by atoms with van der Waals surface area (Å²) in [6, 6.07) is 10.2. The Bertz CT molecular complexity index is 938. The predicted molar refractivity (Wildman–Crippen MR) is 116 cm³/mol. The van der Waals surface area contributed by atoms with E-state index >= 15 is 0 Å². The zero-order valence-electron chi connectivity index (χ0n) is 17.2. The van der Waals surface area contributed by atoms with Gasteiger partial charge in [0, 0.05) is 17.4 Å². The van der Waals surface area contributed by atoms with Crippen molar-refractivity contribution in [2.45, 2.75) is 25.8 Å². The number of nitrogens with one attached hydrogen (secondary N) is 2. The van der Waals surface area contributed by atoms with Crippen LogP contribution in [0.15, 0.2) is 46.9 Å². The van der Waals surface area contributed by atoms with Gasteiger partial charge in [0.25, 0.3) is 5.91 Å². The average Bonchev–Trinajstić information content (AvgIpc) is 2.75. The van der Waals surface area contributed by atoms with E-state index in [9.17, 15) is 18.8 Å². The van der Waals surface area contributed by atoms with Crippen LogP contribution in [0, 0.1) is 5.82 Å². The summed E-state index contributed by atoms with van der Waals surface area (Å²) in [4.78, 5) is 36.6. The summed E-state index contributed by atoms with van der Waals surface area (Å²) in [6.45, 7) is 1.98. The number of carbonyl (C=O) groups is 3. The Hall–Kier alpha value is -2.94. The second-order valence-corrected chi connectivity index (χ2v) is 7.39. The van der Waals surface area contributed by atoms with E-state index in [2.05, 4.69) is 26.6 Å². The second-order valence-electron chi connectivity index (χ2n) is 6.54. The van der Waals surface area contributed by atoms with Crippen molar-refractivity contribution >= 4 is 33.7 Å². The first-order chi connectivity index (χ1) is 14.8. The highest BCUT2D eigenvalue weighted by atomic mass is 79.9. The Balaban J connectivity index is 1.98. The minimum atomic E-state index is -0.616. The summed E-state index contributed by atoms with van der Waals surface area (Å²) in [5, 5.41) is 5.37. The molecule has 9 heteroatoms. The molecule has 0 aliphatic heterocycles. The summed E-state index contributed by atoms with van der Waals surface area (Å²) in [5.41, 5.74) is 0.824.